The van der Waals surface area contributed by atoms with E-state index in [4.69, 9.17) is 0 Å². The molecule has 0 saturated heterocycles. The van der Waals surface area contributed by atoms with E-state index < -0.39 is 4.92 Å². The van der Waals surface area contributed by atoms with Crippen LogP contribution in [0.4, 0.5) is 17.3 Å². The molecule has 7 nitrogen and oxygen atoms in total. The first kappa shape index (κ1) is 14.5. The van der Waals surface area contributed by atoms with Gasteiger partial charge in [0.15, 0.2) is 0 Å². The number of nitrogens with one attached hydrogen (secondary N) is 2. The third kappa shape index (κ3) is 3.36. The summed E-state index contributed by atoms with van der Waals surface area (Å²) in [7, 11) is 0. The molecule has 1 aromatic rings. The van der Waals surface area contributed by atoms with E-state index in [2.05, 4.69) is 15.6 Å². The normalized spacial score (nSPS) is 21.7. The van der Waals surface area contributed by atoms with Crippen molar-refractivity contribution in [2.75, 3.05) is 23.7 Å². The van der Waals surface area contributed by atoms with Crippen LogP contribution in [-0.2, 0) is 0 Å². The molecule has 1 fully saturated rings. The zero-order valence-corrected chi connectivity index (χ0v) is 11.5. The molecule has 3 N–H and O–H groups in total. The van der Waals surface area contributed by atoms with Crippen molar-refractivity contribution < 1.29 is 10.0 Å². The average Bonchev–Trinajstić information content (AvgIpc) is 2.82. The number of aliphatic hydroxyl groups excluding tert-OH is 1. The van der Waals surface area contributed by atoms with Gasteiger partial charge in [-0.15, -0.1) is 0 Å². The summed E-state index contributed by atoms with van der Waals surface area (Å²) in [4.78, 5) is 14.8. The molecule has 1 saturated carbocycles. The fourth-order valence-corrected chi connectivity index (χ4v) is 2.49. The second kappa shape index (κ2) is 6.51. The Hall–Kier alpha value is -1.89. The molecule has 20 heavy (non-hydrogen) atoms. The van der Waals surface area contributed by atoms with E-state index in [-0.39, 0.29) is 23.5 Å². The van der Waals surface area contributed by atoms with E-state index in [1.807, 2.05) is 6.92 Å². The molecule has 0 aliphatic heterocycles. The zero-order chi connectivity index (χ0) is 14.5. The van der Waals surface area contributed by atoms with E-state index >= 15 is 0 Å². The van der Waals surface area contributed by atoms with Crippen LogP contribution < -0.4 is 10.6 Å². The molecule has 0 bridgehead atoms. The fourth-order valence-electron chi connectivity index (χ4n) is 2.49. The monoisotopic (exact) mass is 280 g/mol. The van der Waals surface area contributed by atoms with E-state index in [1.165, 1.54) is 6.07 Å². The highest BCUT2D eigenvalue weighted by molar-refractivity contribution is 5.60. The number of aromatic nitrogens is 1. The molecule has 0 spiro atoms. The van der Waals surface area contributed by atoms with Gasteiger partial charge in [-0.25, -0.2) is 4.98 Å². The number of hydrogen-bond donors (Lipinski definition) is 3. The number of nitrogens with zero attached hydrogens (tertiary/aromatic N) is 2. The van der Waals surface area contributed by atoms with Crippen LogP contribution in [0.1, 0.15) is 26.2 Å². The zero-order valence-electron chi connectivity index (χ0n) is 11.5. The van der Waals surface area contributed by atoms with Gasteiger partial charge in [0.25, 0.3) is 0 Å². The van der Waals surface area contributed by atoms with Crippen molar-refractivity contribution >= 4 is 17.3 Å². The molecule has 0 radical (unpaired) electrons. The van der Waals surface area contributed by atoms with Crippen molar-refractivity contribution in [3.63, 3.8) is 0 Å². The van der Waals surface area contributed by atoms with Crippen LogP contribution in [0.15, 0.2) is 12.1 Å². The maximum absolute atomic E-state index is 11.0. The molecule has 1 aliphatic carbocycles. The third-order valence-electron chi connectivity index (χ3n) is 3.58. The van der Waals surface area contributed by atoms with E-state index in [0.717, 1.165) is 19.3 Å². The Morgan fingerprint density at radius 3 is 2.85 bits per heavy atom. The summed E-state index contributed by atoms with van der Waals surface area (Å²) in [6.07, 6.45) is 2.42. The average molecular weight is 280 g/mol. The largest absolute Gasteiger partial charge is 0.393 e. The van der Waals surface area contributed by atoms with Crippen molar-refractivity contribution in [2.45, 2.75) is 32.3 Å². The minimum absolute atomic E-state index is 0.0425. The minimum Gasteiger partial charge on any atom is -0.393 e. The lowest BCUT2D eigenvalue weighted by molar-refractivity contribution is -0.384. The summed E-state index contributed by atoms with van der Waals surface area (Å²) in [6, 6.07) is 3.04. The SMILES string of the molecule is CCNc1ccc([N+](=O)[O-])c(NCC2CCCC2O)n1. The van der Waals surface area contributed by atoms with Crippen LogP contribution >= 0.6 is 0 Å². The molecule has 2 atom stereocenters. The predicted molar refractivity (Wildman–Crippen MR) is 76.9 cm³/mol. The first-order valence-electron chi connectivity index (χ1n) is 6.93. The number of nitro groups is 1. The molecular formula is C13H20N4O3. The van der Waals surface area contributed by atoms with Crippen LogP contribution in [0.2, 0.25) is 0 Å². The first-order valence-corrected chi connectivity index (χ1v) is 6.93. The molecular weight excluding hydrogens is 260 g/mol. The summed E-state index contributed by atoms with van der Waals surface area (Å²) in [6.45, 7) is 3.14. The molecule has 2 unspecified atom stereocenters. The molecule has 1 aromatic heterocycles. The molecule has 1 aliphatic rings. The number of hydrogen-bond acceptors (Lipinski definition) is 6. The first-order chi connectivity index (χ1) is 9.61. The molecule has 110 valence electrons. The van der Waals surface area contributed by atoms with E-state index in [1.54, 1.807) is 6.07 Å². The van der Waals surface area contributed by atoms with Crippen LogP contribution in [0.25, 0.3) is 0 Å². The van der Waals surface area contributed by atoms with Gasteiger partial charge in [-0.05, 0) is 25.8 Å². The van der Waals surface area contributed by atoms with Crippen molar-refractivity contribution in [1.29, 1.82) is 0 Å². The second-order valence-electron chi connectivity index (χ2n) is 4.99. The minimum atomic E-state index is -0.448. The third-order valence-corrected chi connectivity index (χ3v) is 3.58. The van der Waals surface area contributed by atoms with Gasteiger partial charge in [-0.1, -0.05) is 6.42 Å². The highest BCUT2D eigenvalue weighted by atomic mass is 16.6. The number of anilines is 2. The quantitative estimate of drug-likeness (QED) is 0.544. The standard InChI is InChI=1S/C13H20N4O3/c1-2-14-12-7-6-10(17(19)20)13(16-12)15-8-9-4-3-5-11(9)18/h6-7,9,11,18H,2-5,8H2,1H3,(H2,14,15,16). The Labute approximate surface area is 117 Å². The van der Waals surface area contributed by atoms with Gasteiger partial charge in [-0.3, -0.25) is 10.1 Å². The Morgan fingerprint density at radius 1 is 1.45 bits per heavy atom. The highest BCUT2D eigenvalue weighted by Crippen LogP contribution is 2.28. The molecule has 0 aromatic carbocycles. The Kier molecular flexibility index (Phi) is 4.73. The molecule has 1 heterocycles. The summed E-state index contributed by atoms with van der Waals surface area (Å²) >= 11 is 0. The van der Waals surface area contributed by atoms with Crippen LogP contribution in [0.3, 0.4) is 0 Å². The Balaban J connectivity index is 2.10. The highest BCUT2D eigenvalue weighted by Gasteiger charge is 2.26. The fraction of sp³-hybridized carbons (Fsp3) is 0.615. The summed E-state index contributed by atoms with van der Waals surface area (Å²) < 4.78 is 0. The lowest BCUT2D eigenvalue weighted by Crippen LogP contribution is -2.22. The van der Waals surface area contributed by atoms with Gasteiger partial charge in [0.1, 0.15) is 5.82 Å². The number of pyridine rings is 1. The summed E-state index contributed by atoms with van der Waals surface area (Å²) in [5.41, 5.74) is -0.0425. The van der Waals surface area contributed by atoms with Crippen LogP contribution in [-0.4, -0.2) is 34.2 Å². The summed E-state index contributed by atoms with van der Waals surface area (Å²) in [5, 5.41) is 26.8. The smallest absolute Gasteiger partial charge is 0.311 e. The Bertz CT molecular complexity index is 481. The number of aliphatic hydroxyl groups is 1. The topological polar surface area (TPSA) is 100 Å². The Morgan fingerprint density at radius 2 is 2.25 bits per heavy atom. The van der Waals surface area contributed by atoms with Crippen molar-refractivity contribution in [2.24, 2.45) is 5.92 Å². The van der Waals surface area contributed by atoms with Gasteiger partial charge in [-0.2, -0.15) is 0 Å². The molecule has 7 heteroatoms. The van der Waals surface area contributed by atoms with Gasteiger partial charge >= 0.3 is 5.69 Å². The van der Waals surface area contributed by atoms with Crippen LogP contribution in [0, 0.1) is 16.0 Å². The van der Waals surface area contributed by atoms with Crippen molar-refractivity contribution in [3.05, 3.63) is 22.2 Å². The van der Waals surface area contributed by atoms with Gasteiger partial charge < -0.3 is 15.7 Å². The van der Waals surface area contributed by atoms with Crippen molar-refractivity contribution in [1.82, 2.24) is 4.98 Å². The van der Waals surface area contributed by atoms with E-state index in [9.17, 15) is 15.2 Å². The number of rotatable bonds is 6. The lowest BCUT2D eigenvalue weighted by atomic mass is 10.1. The maximum Gasteiger partial charge on any atom is 0.311 e. The lowest BCUT2D eigenvalue weighted by Gasteiger charge is -2.16. The van der Waals surface area contributed by atoms with E-state index in [0.29, 0.717) is 18.9 Å². The maximum atomic E-state index is 11.0. The van der Waals surface area contributed by atoms with Crippen molar-refractivity contribution in [3.8, 4) is 0 Å². The predicted octanol–water partition coefficient (Wildman–Crippen LogP) is 1.99. The molecule has 2 rings (SSSR count). The van der Waals surface area contributed by atoms with Gasteiger partial charge in [0.05, 0.1) is 11.0 Å². The van der Waals surface area contributed by atoms with Gasteiger partial charge in [0, 0.05) is 25.1 Å². The van der Waals surface area contributed by atoms with Crippen LogP contribution in [0.5, 0.6) is 0 Å². The van der Waals surface area contributed by atoms with Gasteiger partial charge in [0.2, 0.25) is 5.82 Å². The second-order valence-corrected chi connectivity index (χ2v) is 4.99. The summed E-state index contributed by atoms with van der Waals surface area (Å²) in [5.74, 6) is 0.999. The molecule has 0 amide bonds.